The maximum Gasteiger partial charge on any atom is 0.230 e. The summed E-state index contributed by atoms with van der Waals surface area (Å²) in [5.41, 5.74) is 2.48. The Morgan fingerprint density at radius 1 is 0.963 bits per heavy atom. The molecule has 1 aliphatic heterocycles. The highest BCUT2D eigenvalue weighted by Crippen LogP contribution is 2.33. The predicted octanol–water partition coefficient (Wildman–Crippen LogP) is 4.38. The third-order valence-electron chi connectivity index (χ3n) is 5.86. The van der Waals surface area contributed by atoms with Crippen LogP contribution in [0.15, 0.2) is 60.7 Å². The molecule has 0 N–H and O–H groups in total. The summed E-state index contributed by atoms with van der Waals surface area (Å²) in [6.07, 6.45) is 5.70. The van der Waals surface area contributed by atoms with Crippen LogP contribution in [0.4, 0.5) is 5.69 Å². The van der Waals surface area contributed by atoms with Crippen molar-refractivity contribution in [3.05, 3.63) is 66.2 Å². The van der Waals surface area contributed by atoms with Gasteiger partial charge in [-0.2, -0.15) is 0 Å². The van der Waals surface area contributed by atoms with Crippen LogP contribution in [0.3, 0.4) is 0 Å². The standard InChI is InChI=1S/C24H30N2O/c27-24(22-13-14-22)26(23-11-5-2-6-12-23)19-21-10-7-16-25(18-21)17-15-20-8-3-1-4-9-20/h1-6,8-9,11-12,21-22H,7,10,13-19H2. The average molecular weight is 363 g/mol. The van der Waals surface area contributed by atoms with Crippen molar-refractivity contribution in [1.29, 1.82) is 0 Å². The van der Waals surface area contributed by atoms with Gasteiger partial charge >= 0.3 is 0 Å². The molecule has 0 aromatic heterocycles. The number of para-hydroxylation sites is 1. The summed E-state index contributed by atoms with van der Waals surface area (Å²) in [6, 6.07) is 21.0. The van der Waals surface area contributed by atoms with Gasteiger partial charge < -0.3 is 9.80 Å². The lowest BCUT2D eigenvalue weighted by molar-refractivity contribution is -0.120. The molecule has 3 nitrogen and oxygen atoms in total. The molecule has 1 saturated heterocycles. The van der Waals surface area contributed by atoms with Crippen molar-refractivity contribution in [1.82, 2.24) is 4.90 Å². The lowest BCUT2D eigenvalue weighted by Crippen LogP contribution is -2.44. The van der Waals surface area contributed by atoms with Gasteiger partial charge in [-0.25, -0.2) is 0 Å². The van der Waals surface area contributed by atoms with E-state index in [-0.39, 0.29) is 5.92 Å². The second-order valence-corrected chi connectivity index (χ2v) is 8.10. The number of rotatable bonds is 7. The molecule has 142 valence electrons. The van der Waals surface area contributed by atoms with Crippen molar-refractivity contribution < 1.29 is 4.79 Å². The largest absolute Gasteiger partial charge is 0.312 e. The van der Waals surface area contributed by atoms with Crippen molar-refractivity contribution >= 4 is 11.6 Å². The van der Waals surface area contributed by atoms with Crippen LogP contribution in [-0.2, 0) is 11.2 Å². The van der Waals surface area contributed by atoms with Crippen LogP contribution in [0.2, 0.25) is 0 Å². The fourth-order valence-electron chi connectivity index (χ4n) is 4.17. The maximum atomic E-state index is 12.9. The Morgan fingerprint density at radius 3 is 2.37 bits per heavy atom. The number of likely N-dealkylation sites (tertiary alicyclic amines) is 1. The molecule has 1 heterocycles. The second-order valence-electron chi connectivity index (χ2n) is 8.10. The first-order valence-electron chi connectivity index (χ1n) is 10.4. The van der Waals surface area contributed by atoms with Crippen LogP contribution in [0.5, 0.6) is 0 Å². The van der Waals surface area contributed by atoms with Crippen molar-refractivity contribution in [2.75, 3.05) is 31.1 Å². The number of carbonyl (C=O) groups is 1. The zero-order valence-corrected chi connectivity index (χ0v) is 16.1. The molecule has 0 radical (unpaired) electrons. The first kappa shape index (κ1) is 18.2. The Bertz CT molecular complexity index is 727. The zero-order chi connectivity index (χ0) is 18.5. The predicted molar refractivity (Wildman–Crippen MR) is 111 cm³/mol. The number of anilines is 1. The Labute approximate surface area is 163 Å². The molecular weight excluding hydrogens is 332 g/mol. The number of carbonyl (C=O) groups excluding carboxylic acids is 1. The van der Waals surface area contributed by atoms with E-state index in [1.54, 1.807) is 0 Å². The van der Waals surface area contributed by atoms with E-state index in [9.17, 15) is 4.79 Å². The van der Waals surface area contributed by atoms with Gasteiger partial charge in [-0.15, -0.1) is 0 Å². The highest BCUT2D eigenvalue weighted by Gasteiger charge is 2.35. The van der Waals surface area contributed by atoms with Gasteiger partial charge in [0.25, 0.3) is 0 Å². The van der Waals surface area contributed by atoms with E-state index >= 15 is 0 Å². The molecule has 1 atom stereocenters. The number of amides is 1. The Morgan fingerprint density at radius 2 is 1.67 bits per heavy atom. The van der Waals surface area contributed by atoms with E-state index in [0.717, 1.165) is 44.6 Å². The van der Waals surface area contributed by atoms with E-state index in [0.29, 0.717) is 11.8 Å². The average Bonchev–Trinajstić information content (AvgIpc) is 3.57. The van der Waals surface area contributed by atoms with Crippen LogP contribution < -0.4 is 4.90 Å². The first-order chi connectivity index (χ1) is 13.3. The van der Waals surface area contributed by atoms with E-state index in [1.807, 2.05) is 18.2 Å². The molecule has 1 unspecified atom stereocenters. The van der Waals surface area contributed by atoms with E-state index in [4.69, 9.17) is 0 Å². The zero-order valence-electron chi connectivity index (χ0n) is 16.1. The summed E-state index contributed by atoms with van der Waals surface area (Å²) in [5, 5.41) is 0. The van der Waals surface area contributed by atoms with E-state index in [1.165, 1.54) is 24.9 Å². The highest BCUT2D eigenvalue weighted by molar-refractivity contribution is 5.96. The molecule has 2 aromatic carbocycles. The van der Waals surface area contributed by atoms with Crippen molar-refractivity contribution in [3.8, 4) is 0 Å². The van der Waals surface area contributed by atoms with Gasteiger partial charge in [0, 0.05) is 31.2 Å². The van der Waals surface area contributed by atoms with Gasteiger partial charge in [0.15, 0.2) is 0 Å². The normalized spacial score (nSPS) is 20.4. The van der Waals surface area contributed by atoms with Gasteiger partial charge in [-0.05, 0) is 62.3 Å². The number of hydrogen-bond donors (Lipinski definition) is 0. The summed E-state index contributed by atoms with van der Waals surface area (Å²) >= 11 is 0. The van der Waals surface area contributed by atoms with Gasteiger partial charge in [-0.3, -0.25) is 4.79 Å². The summed E-state index contributed by atoms with van der Waals surface area (Å²) in [6.45, 7) is 4.27. The summed E-state index contributed by atoms with van der Waals surface area (Å²) in [5.74, 6) is 1.17. The minimum atomic E-state index is 0.267. The van der Waals surface area contributed by atoms with Gasteiger partial charge in [0.2, 0.25) is 5.91 Å². The second kappa shape index (κ2) is 8.71. The molecule has 4 rings (SSSR count). The Balaban J connectivity index is 1.37. The lowest BCUT2D eigenvalue weighted by Gasteiger charge is -2.36. The SMILES string of the molecule is O=C(C1CC1)N(CC1CCCN(CCc2ccccc2)C1)c1ccccc1. The van der Waals surface area contributed by atoms with Gasteiger partial charge in [-0.1, -0.05) is 48.5 Å². The fourth-order valence-corrected chi connectivity index (χ4v) is 4.17. The van der Waals surface area contributed by atoms with E-state index < -0.39 is 0 Å². The van der Waals surface area contributed by atoms with Crippen LogP contribution >= 0.6 is 0 Å². The highest BCUT2D eigenvalue weighted by atomic mass is 16.2. The lowest BCUT2D eigenvalue weighted by atomic mass is 9.96. The number of piperidine rings is 1. The van der Waals surface area contributed by atoms with Crippen molar-refractivity contribution in [2.45, 2.75) is 32.1 Å². The molecule has 0 bridgehead atoms. The summed E-state index contributed by atoms with van der Waals surface area (Å²) < 4.78 is 0. The van der Waals surface area contributed by atoms with Crippen molar-refractivity contribution in [3.63, 3.8) is 0 Å². The maximum absolute atomic E-state index is 12.9. The quantitative estimate of drug-likeness (QED) is 0.729. The van der Waals surface area contributed by atoms with Gasteiger partial charge in [0.1, 0.15) is 0 Å². The Kier molecular flexibility index (Phi) is 5.88. The Hall–Kier alpha value is -2.13. The molecule has 3 heteroatoms. The fraction of sp³-hybridized carbons (Fsp3) is 0.458. The molecule has 27 heavy (non-hydrogen) atoms. The third kappa shape index (κ3) is 4.98. The molecule has 1 saturated carbocycles. The molecule has 2 aliphatic rings. The minimum Gasteiger partial charge on any atom is -0.312 e. The van der Waals surface area contributed by atoms with Gasteiger partial charge in [0.05, 0.1) is 0 Å². The molecule has 1 aliphatic carbocycles. The molecule has 1 amide bonds. The first-order valence-corrected chi connectivity index (χ1v) is 10.4. The topological polar surface area (TPSA) is 23.6 Å². The smallest absolute Gasteiger partial charge is 0.230 e. The van der Waals surface area contributed by atoms with Crippen LogP contribution in [0, 0.1) is 11.8 Å². The van der Waals surface area contributed by atoms with Crippen LogP contribution in [0.1, 0.15) is 31.2 Å². The van der Waals surface area contributed by atoms with Crippen LogP contribution in [-0.4, -0.2) is 37.0 Å². The number of nitrogens with zero attached hydrogens (tertiary/aromatic N) is 2. The monoisotopic (exact) mass is 362 g/mol. The molecule has 2 aromatic rings. The number of benzene rings is 2. The molecular formula is C24H30N2O. The number of hydrogen-bond acceptors (Lipinski definition) is 2. The minimum absolute atomic E-state index is 0.267. The summed E-state index contributed by atoms with van der Waals surface area (Å²) in [7, 11) is 0. The van der Waals surface area contributed by atoms with Crippen LogP contribution in [0.25, 0.3) is 0 Å². The van der Waals surface area contributed by atoms with E-state index in [2.05, 4.69) is 52.3 Å². The third-order valence-corrected chi connectivity index (χ3v) is 5.86. The molecule has 2 fully saturated rings. The summed E-state index contributed by atoms with van der Waals surface area (Å²) in [4.78, 5) is 17.5. The van der Waals surface area contributed by atoms with Crippen molar-refractivity contribution in [2.24, 2.45) is 11.8 Å². The molecule has 0 spiro atoms.